The average molecular weight is 544 g/mol. The Morgan fingerprint density at radius 3 is 2.71 bits per heavy atom. The molecule has 172 valence electrons. The molecule has 0 spiro atoms. The van der Waals surface area contributed by atoms with E-state index in [1.54, 1.807) is 7.11 Å². The van der Waals surface area contributed by atoms with Gasteiger partial charge in [-0.3, -0.25) is 0 Å². The zero-order chi connectivity index (χ0) is 21.3. The zero-order valence-electron chi connectivity index (χ0n) is 18.6. The van der Waals surface area contributed by atoms with E-state index in [2.05, 4.69) is 25.8 Å². The van der Waals surface area contributed by atoms with Crippen LogP contribution in [0.15, 0.2) is 29.3 Å². The largest absolute Gasteiger partial charge is 0.493 e. The number of hydrogen-bond donors (Lipinski definition) is 2. The molecule has 1 aliphatic rings. The highest BCUT2D eigenvalue weighted by Gasteiger charge is 2.16. The maximum atomic E-state index is 6.03. The van der Waals surface area contributed by atoms with Gasteiger partial charge in [0.2, 0.25) is 0 Å². The topological polar surface area (TPSA) is 94.8 Å². The number of nitrogens with one attached hydrogen (secondary N) is 2. The molecule has 2 unspecified atom stereocenters. The normalized spacial score (nSPS) is 17.0. The number of aliphatic imine (C=N–C) groups is 1. The van der Waals surface area contributed by atoms with Crippen LogP contribution in [0, 0.1) is 6.92 Å². The molecule has 1 saturated heterocycles. The molecule has 10 heteroatoms. The third-order valence-corrected chi connectivity index (χ3v) is 5.04. The molecule has 1 aliphatic heterocycles. The van der Waals surface area contributed by atoms with Gasteiger partial charge in [0.1, 0.15) is 18.5 Å². The third-order valence-electron chi connectivity index (χ3n) is 5.04. The molecule has 2 heterocycles. The van der Waals surface area contributed by atoms with Crippen LogP contribution in [0.1, 0.15) is 31.4 Å². The molecule has 0 saturated carbocycles. The molecule has 0 amide bonds. The summed E-state index contributed by atoms with van der Waals surface area (Å²) in [6.45, 7) is 6.47. The third kappa shape index (κ3) is 7.53. The summed E-state index contributed by atoms with van der Waals surface area (Å²) in [5, 5.41) is 15.0. The number of aromatic nitrogens is 3. The van der Waals surface area contributed by atoms with Crippen LogP contribution in [-0.4, -0.2) is 59.7 Å². The van der Waals surface area contributed by atoms with Crippen molar-refractivity contribution < 1.29 is 14.2 Å². The standard InChI is InChI=1S/C21H32N6O3.HI/c1-15(30-19-10-6-5-9-18(19)28-4)12-22-21(23-13-17-8-7-11-29-17)24-14-20-26-25-16(2)27(20)3;/h5-6,9-10,15,17H,7-8,11-14H2,1-4H3,(H2,22,23,24);1H. The Bertz CT molecular complexity index is 838. The van der Waals surface area contributed by atoms with Gasteiger partial charge in [-0.05, 0) is 38.8 Å². The lowest BCUT2D eigenvalue weighted by Gasteiger charge is -2.20. The van der Waals surface area contributed by atoms with Crippen LogP contribution >= 0.6 is 24.0 Å². The first-order valence-corrected chi connectivity index (χ1v) is 10.3. The summed E-state index contributed by atoms with van der Waals surface area (Å²) in [6, 6.07) is 7.63. The monoisotopic (exact) mass is 544 g/mol. The van der Waals surface area contributed by atoms with E-state index in [0.717, 1.165) is 36.8 Å². The van der Waals surface area contributed by atoms with Crippen molar-refractivity contribution in [3.05, 3.63) is 35.9 Å². The van der Waals surface area contributed by atoms with Gasteiger partial charge in [0.05, 0.1) is 19.8 Å². The van der Waals surface area contributed by atoms with E-state index in [0.29, 0.717) is 31.3 Å². The highest BCUT2D eigenvalue weighted by Crippen LogP contribution is 2.26. The Kier molecular flexibility index (Phi) is 10.3. The first-order valence-electron chi connectivity index (χ1n) is 10.3. The average Bonchev–Trinajstić information content (AvgIpc) is 3.38. The second-order valence-corrected chi connectivity index (χ2v) is 7.36. The summed E-state index contributed by atoms with van der Waals surface area (Å²) in [4.78, 5) is 4.68. The van der Waals surface area contributed by atoms with E-state index >= 15 is 0 Å². The van der Waals surface area contributed by atoms with Gasteiger partial charge in [-0.1, -0.05) is 12.1 Å². The number of ether oxygens (including phenoxy) is 3. The first kappa shape index (κ1) is 25.2. The number of benzene rings is 1. The number of hydrogen-bond acceptors (Lipinski definition) is 6. The molecule has 0 radical (unpaired) electrons. The molecule has 31 heavy (non-hydrogen) atoms. The maximum absolute atomic E-state index is 6.03. The number of halogens is 1. The van der Waals surface area contributed by atoms with Crippen molar-refractivity contribution in [2.24, 2.45) is 12.0 Å². The van der Waals surface area contributed by atoms with Crippen molar-refractivity contribution >= 4 is 29.9 Å². The van der Waals surface area contributed by atoms with Gasteiger partial charge in [-0.2, -0.15) is 0 Å². The number of rotatable bonds is 9. The number of methoxy groups -OCH3 is 1. The van der Waals surface area contributed by atoms with Gasteiger partial charge in [0, 0.05) is 20.2 Å². The first-order chi connectivity index (χ1) is 14.6. The van der Waals surface area contributed by atoms with Crippen LogP contribution in [0.3, 0.4) is 0 Å². The number of para-hydroxylation sites is 2. The van der Waals surface area contributed by atoms with Crippen LogP contribution in [0.4, 0.5) is 0 Å². The van der Waals surface area contributed by atoms with Crippen LogP contribution in [-0.2, 0) is 18.3 Å². The molecule has 2 N–H and O–H groups in total. The molecular weight excluding hydrogens is 511 g/mol. The fourth-order valence-corrected chi connectivity index (χ4v) is 3.14. The van der Waals surface area contributed by atoms with Gasteiger partial charge < -0.3 is 29.4 Å². The summed E-state index contributed by atoms with van der Waals surface area (Å²) in [5.74, 6) is 3.80. The van der Waals surface area contributed by atoms with Crippen LogP contribution in [0.5, 0.6) is 11.5 Å². The fraction of sp³-hybridized carbons (Fsp3) is 0.571. The predicted octanol–water partition coefficient (Wildman–Crippen LogP) is 2.43. The summed E-state index contributed by atoms with van der Waals surface area (Å²) < 4.78 is 19.0. The fourth-order valence-electron chi connectivity index (χ4n) is 3.14. The predicted molar refractivity (Wildman–Crippen MR) is 130 cm³/mol. The van der Waals surface area contributed by atoms with E-state index in [-0.39, 0.29) is 36.2 Å². The van der Waals surface area contributed by atoms with Gasteiger partial charge in [0.15, 0.2) is 23.3 Å². The molecule has 2 aromatic rings. The number of aryl methyl sites for hydroxylation is 1. The summed E-state index contributed by atoms with van der Waals surface area (Å²) in [7, 11) is 3.58. The molecule has 3 rings (SSSR count). The van der Waals surface area contributed by atoms with Crippen molar-refractivity contribution in [3.8, 4) is 11.5 Å². The lowest BCUT2D eigenvalue weighted by atomic mass is 10.2. The molecule has 1 fully saturated rings. The van der Waals surface area contributed by atoms with Gasteiger partial charge >= 0.3 is 0 Å². The van der Waals surface area contributed by atoms with E-state index in [4.69, 9.17) is 14.2 Å². The molecule has 9 nitrogen and oxygen atoms in total. The van der Waals surface area contributed by atoms with Crippen LogP contribution in [0.2, 0.25) is 0 Å². The summed E-state index contributed by atoms with van der Waals surface area (Å²) in [6.07, 6.45) is 2.30. The summed E-state index contributed by atoms with van der Waals surface area (Å²) >= 11 is 0. The molecular formula is C21H33IN6O3. The van der Waals surface area contributed by atoms with Crippen molar-refractivity contribution in [1.82, 2.24) is 25.4 Å². The summed E-state index contributed by atoms with van der Waals surface area (Å²) in [5.41, 5.74) is 0. The highest BCUT2D eigenvalue weighted by atomic mass is 127. The second kappa shape index (κ2) is 12.7. The molecule has 1 aromatic carbocycles. The minimum Gasteiger partial charge on any atom is -0.493 e. The van der Waals surface area contributed by atoms with Crippen LogP contribution < -0.4 is 20.1 Å². The van der Waals surface area contributed by atoms with E-state index in [1.807, 2.05) is 49.7 Å². The lowest BCUT2D eigenvalue weighted by molar-refractivity contribution is 0.113. The number of nitrogens with zero attached hydrogens (tertiary/aromatic N) is 4. The Morgan fingerprint density at radius 2 is 2.06 bits per heavy atom. The molecule has 2 atom stereocenters. The quantitative estimate of drug-likeness (QED) is 0.285. The van der Waals surface area contributed by atoms with E-state index in [9.17, 15) is 0 Å². The molecule has 1 aromatic heterocycles. The Balaban J connectivity index is 0.00000341. The van der Waals surface area contributed by atoms with Crippen molar-refractivity contribution in [2.75, 3.05) is 26.8 Å². The Hall–Kier alpha value is -2.08. The minimum atomic E-state index is -0.0897. The van der Waals surface area contributed by atoms with Gasteiger partial charge in [-0.25, -0.2) is 4.99 Å². The highest BCUT2D eigenvalue weighted by molar-refractivity contribution is 14.0. The van der Waals surface area contributed by atoms with E-state index in [1.165, 1.54) is 0 Å². The van der Waals surface area contributed by atoms with Crippen molar-refractivity contribution in [2.45, 2.75) is 45.4 Å². The zero-order valence-corrected chi connectivity index (χ0v) is 21.0. The van der Waals surface area contributed by atoms with Crippen molar-refractivity contribution in [1.29, 1.82) is 0 Å². The second-order valence-electron chi connectivity index (χ2n) is 7.36. The van der Waals surface area contributed by atoms with Gasteiger partial charge in [0.25, 0.3) is 0 Å². The SMILES string of the molecule is COc1ccccc1OC(C)CNC(=NCc1nnc(C)n1C)NCC1CCCO1.I. The smallest absolute Gasteiger partial charge is 0.191 e. The van der Waals surface area contributed by atoms with E-state index < -0.39 is 0 Å². The Labute approximate surface area is 201 Å². The minimum absolute atomic E-state index is 0. The van der Waals surface area contributed by atoms with Crippen LogP contribution in [0.25, 0.3) is 0 Å². The maximum Gasteiger partial charge on any atom is 0.191 e. The Morgan fingerprint density at radius 1 is 1.29 bits per heavy atom. The van der Waals surface area contributed by atoms with Gasteiger partial charge in [-0.15, -0.1) is 34.2 Å². The van der Waals surface area contributed by atoms with Crippen molar-refractivity contribution in [3.63, 3.8) is 0 Å². The molecule has 0 bridgehead atoms. The number of guanidine groups is 1. The molecule has 0 aliphatic carbocycles. The lowest BCUT2D eigenvalue weighted by Crippen LogP contribution is -2.44.